The first-order chi connectivity index (χ1) is 9.60. The summed E-state index contributed by atoms with van der Waals surface area (Å²) in [6.45, 7) is 0.915. The predicted molar refractivity (Wildman–Crippen MR) is 75.2 cm³/mol. The van der Waals surface area contributed by atoms with Gasteiger partial charge in [0.1, 0.15) is 0 Å². The first kappa shape index (κ1) is 13.9. The number of hydrogen-bond donors (Lipinski definition) is 1. The number of benzene rings is 1. The van der Waals surface area contributed by atoms with Crippen LogP contribution in [0.1, 0.15) is 12.8 Å². The van der Waals surface area contributed by atoms with Gasteiger partial charge in [-0.3, -0.25) is 10.1 Å². The van der Waals surface area contributed by atoms with Crippen LogP contribution in [0.3, 0.4) is 0 Å². The predicted octanol–water partition coefficient (Wildman–Crippen LogP) is 2.47. The highest BCUT2D eigenvalue weighted by Crippen LogP contribution is 2.29. The van der Waals surface area contributed by atoms with Crippen LogP contribution in [0.25, 0.3) is 0 Å². The van der Waals surface area contributed by atoms with Crippen LogP contribution in [0.4, 0.5) is 16.2 Å². The van der Waals surface area contributed by atoms with Gasteiger partial charge in [-0.2, -0.15) is 0 Å². The van der Waals surface area contributed by atoms with E-state index in [0.29, 0.717) is 18.2 Å². The monoisotopic (exact) mass is 273 g/mol. The number of anilines is 1. The van der Waals surface area contributed by atoms with E-state index in [4.69, 9.17) is 6.42 Å². The standard InChI is InChI=1S/C14H15N3O3/c1-2-9-16(10-11-3-4-11)14(18)15-12-5-7-13(8-6-12)17(19)20/h1,5-8,11H,3-4,9-10H2,(H,15,18). The first-order valence-corrected chi connectivity index (χ1v) is 6.34. The average Bonchev–Trinajstić information content (AvgIpc) is 3.23. The molecule has 6 heteroatoms. The summed E-state index contributed by atoms with van der Waals surface area (Å²) in [5, 5.41) is 13.2. The maximum absolute atomic E-state index is 12.1. The van der Waals surface area contributed by atoms with E-state index in [-0.39, 0.29) is 18.3 Å². The van der Waals surface area contributed by atoms with Crippen LogP contribution < -0.4 is 5.32 Å². The molecule has 1 fully saturated rings. The molecule has 1 aromatic carbocycles. The summed E-state index contributed by atoms with van der Waals surface area (Å²) in [7, 11) is 0. The second-order valence-corrected chi connectivity index (χ2v) is 4.76. The van der Waals surface area contributed by atoms with Crippen LogP contribution in [0, 0.1) is 28.4 Å². The van der Waals surface area contributed by atoms with Crippen molar-refractivity contribution in [1.29, 1.82) is 0 Å². The lowest BCUT2D eigenvalue weighted by atomic mass is 10.3. The van der Waals surface area contributed by atoms with E-state index in [1.54, 1.807) is 4.90 Å². The molecule has 104 valence electrons. The maximum atomic E-state index is 12.1. The van der Waals surface area contributed by atoms with E-state index in [1.807, 2.05) is 0 Å². The van der Waals surface area contributed by atoms with Crippen molar-refractivity contribution in [1.82, 2.24) is 4.90 Å². The molecule has 1 aliphatic rings. The Balaban J connectivity index is 1.97. The van der Waals surface area contributed by atoms with Crippen LogP contribution >= 0.6 is 0 Å². The minimum atomic E-state index is -0.483. The Hall–Kier alpha value is -2.55. The smallest absolute Gasteiger partial charge is 0.313 e. The molecule has 1 saturated carbocycles. The first-order valence-electron chi connectivity index (χ1n) is 6.34. The van der Waals surface area contributed by atoms with Crippen LogP contribution in [0.2, 0.25) is 0 Å². The van der Waals surface area contributed by atoms with Crippen molar-refractivity contribution in [2.75, 3.05) is 18.4 Å². The lowest BCUT2D eigenvalue weighted by Gasteiger charge is -2.20. The van der Waals surface area contributed by atoms with Gasteiger partial charge in [0.2, 0.25) is 0 Å². The quantitative estimate of drug-likeness (QED) is 0.508. The number of rotatable bonds is 5. The van der Waals surface area contributed by atoms with E-state index in [0.717, 1.165) is 12.8 Å². The van der Waals surface area contributed by atoms with E-state index >= 15 is 0 Å². The molecule has 2 rings (SSSR count). The maximum Gasteiger partial charge on any atom is 0.322 e. The highest BCUT2D eigenvalue weighted by Gasteiger charge is 2.26. The summed E-state index contributed by atoms with van der Waals surface area (Å²) in [5.74, 6) is 3.01. The van der Waals surface area contributed by atoms with Crippen LogP contribution in [0.5, 0.6) is 0 Å². The van der Waals surface area contributed by atoms with Crippen molar-refractivity contribution < 1.29 is 9.72 Å². The average molecular weight is 273 g/mol. The summed E-state index contributed by atoms with van der Waals surface area (Å²) < 4.78 is 0. The third kappa shape index (κ3) is 3.72. The molecule has 20 heavy (non-hydrogen) atoms. The zero-order valence-electron chi connectivity index (χ0n) is 10.9. The van der Waals surface area contributed by atoms with E-state index in [2.05, 4.69) is 11.2 Å². The van der Waals surface area contributed by atoms with Gasteiger partial charge >= 0.3 is 6.03 Å². The third-order valence-electron chi connectivity index (χ3n) is 3.07. The zero-order valence-corrected chi connectivity index (χ0v) is 10.9. The molecule has 0 saturated heterocycles. The van der Waals surface area contributed by atoms with Crippen molar-refractivity contribution in [2.45, 2.75) is 12.8 Å². The zero-order chi connectivity index (χ0) is 14.5. The molecule has 0 aliphatic heterocycles. The SMILES string of the molecule is C#CCN(CC1CC1)C(=O)Nc1ccc([N+](=O)[O-])cc1. The lowest BCUT2D eigenvalue weighted by molar-refractivity contribution is -0.384. The van der Waals surface area contributed by atoms with Crippen molar-refractivity contribution >= 4 is 17.4 Å². The van der Waals surface area contributed by atoms with Crippen molar-refractivity contribution in [3.8, 4) is 12.3 Å². The summed E-state index contributed by atoms with van der Waals surface area (Å²) in [4.78, 5) is 23.7. The number of nitro groups is 1. The molecule has 6 nitrogen and oxygen atoms in total. The van der Waals surface area contributed by atoms with Gasteiger partial charge in [-0.25, -0.2) is 4.79 Å². The normalized spacial score (nSPS) is 13.3. The molecule has 1 aromatic rings. The van der Waals surface area contributed by atoms with Gasteiger partial charge in [0.15, 0.2) is 0 Å². The van der Waals surface area contributed by atoms with Gasteiger partial charge in [-0.05, 0) is 30.9 Å². The number of nitro benzene ring substituents is 1. The number of non-ortho nitro benzene ring substituents is 1. The summed E-state index contributed by atoms with van der Waals surface area (Å²) in [6, 6.07) is 5.43. The van der Waals surface area contributed by atoms with Gasteiger partial charge in [0, 0.05) is 24.4 Å². The fourth-order valence-corrected chi connectivity index (χ4v) is 1.81. The number of carbonyl (C=O) groups is 1. The van der Waals surface area contributed by atoms with Gasteiger partial charge in [-0.1, -0.05) is 5.92 Å². The highest BCUT2D eigenvalue weighted by atomic mass is 16.6. The minimum Gasteiger partial charge on any atom is -0.313 e. The third-order valence-corrected chi connectivity index (χ3v) is 3.07. The lowest BCUT2D eigenvalue weighted by Crippen LogP contribution is -2.36. The largest absolute Gasteiger partial charge is 0.322 e. The second kappa shape index (κ2) is 6.06. The summed E-state index contributed by atoms with van der Waals surface area (Å²) in [5.41, 5.74) is 0.500. The fraction of sp³-hybridized carbons (Fsp3) is 0.357. The molecule has 1 N–H and O–H groups in total. The number of amides is 2. The van der Waals surface area contributed by atoms with Crippen molar-refractivity contribution in [3.05, 3.63) is 34.4 Å². The summed E-state index contributed by atoms with van der Waals surface area (Å²) in [6.07, 6.45) is 7.52. The molecule has 0 spiro atoms. The number of carbonyl (C=O) groups excluding carboxylic acids is 1. The molecular weight excluding hydrogens is 258 g/mol. The molecule has 0 bridgehead atoms. The Bertz CT molecular complexity index is 544. The molecule has 0 radical (unpaired) electrons. The second-order valence-electron chi connectivity index (χ2n) is 4.76. The summed E-state index contributed by atoms with van der Waals surface area (Å²) >= 11 is 0. The molecular formula is C14H15N3O3. The highest BCUT2D eigenvalue weighted by molar-refractivity contribution is 5.89. The number of terminal acetylenes is 1. The van der Waals surface area contributed by atoms with Gasteiger partial charge in [0.25, 0.3) is 5.69 Å². The van der Waals surface area contributed by atoms with Crippen LogP contribution in [-0.4, -0.2) is 28.9 Å². The molecule has 2 amide bonds. The Morgan fingerprint density at radius 2 is 2.10 bits per heavy atom. The van der Waals surface area contributed by atoms with Crippen molar-refractivity contribution in [2.24, 2.45) is 5.92 Å². The Labute approximate surface area is 116 Å². The Morgan fingerprint density at radius 1 is 1.45 bits per heavy atom. The Morgan fingerprint density at radius 3 is 2.60 bits per heavy atom. The van der Waals surface area contributed by atoms with E-state index in [9.17, 15) is 14.9 Å². The van der Waals surface area contributed by atoms with Gasteiger partial charge < -0.3 is 10.2 Å². The molecule has 0 unspecified atom stereocenters. The molecule has 0 atom stereocenters. The topological polar surface area (TPSA) is 75.5 Å². The van der Waals surface area contributed by atoms with Crippen LogP contribution in [-0.2, 0) is 0 Å². The number of nitrogens with zero attached hydrogens (tertiary/aromatic N) is 2. The molecule has 1 aliphatic carbocycles. The molecule has 0 heterocycles. The minimum absolute atomic E-state index is 0.0125. The van der Waals surface area contributed by atoms with Crippen molar-refractivity contribution in [3.63, 3.8) is 0 Å². The Kier molecular flexibility index (Phi) is 4.20. The van der Waals surface area contributed by atoms with Gasteiger partial charge in [-0.15, -0.1) is 6.42 Å². The van der Waals surface area contributed by atoms with E-state index < -0.39 is 4.92 Å². The fourth-order valence-electron chi connectivity index (χ4n) is 1.81. The number of urea groups is 1. The van der Waals surface area contributed by atoms with Gasteiger partial charge in [0.05, 0.1) is 11.5 Å². The van der Waals surface area contributed by atoms with E-state index in [1.165, 1.54) is 24.3 Å². The van der Waals surface area contributed by atoms with Crippen LogP contribution in [0.15, 0.2) is 24.3 Å². The number of nitrogens with one attached hydrogen (secondary N) is 1. The number of hydrogen-bond acceptors (Lipinski definition) is 3. The molecule has 0 aromatic heterocycles.